The Morgan fingerprint density at radius 3 is 2.02 bits per heavy atom. The van der Waals surface area contributed by atoms with Gasteiger partial charge in [-0.15, -0.1) is 0 Å². The lowest BCUT2D eigenvalue weighted by atomic mass is 9.85. The second-order valence-electron chi connectivity index (χ2n) is 14.2. The van der Waals surface area contributed by atoms with Gasteiger partial charge in [0.2, 0.25) is 17.7 Å². The Morgan fingerprint density at radius 1 is 0.882 bits per heavy atom. The fraction of sp³-hybridized carbons (Fsp3) is 0.639. The van der Waals surface area contributed by atoms with E-state index >= 15 is 0 Å². The molecule has 2 heterocycles. The molecule has 6 atom stereocenters. The van der Waals surface area contributed by atoms with Crippen molar-refractivity contribution in [3.63, 3.8) is 0 Å². The maximum atomic E-state index is 14.7. The summed E-state index contributed by atoms with van der Waals surface area (Å²) in [4.78, 5) is 95.4. The Balaban J connectivity index is 2.01. The number of carbonyl (C=O) groups is 7. The fourth-order valence-electron chi connectivity index (χ4n) is 6.63. The minimum Gasteiger partial charge on any atom is -0.467 e. The first kappa shape index (κ1) is 40.7. The van der Waals surface area contributed by atoms with Gasteiger partial charge in [-0.1, -0.05) is 29.8 Å². The van der Waals surface area contributed by atoms with Gasteiger partial charge in [-0.3, -0.25) is 24.0 Å². The quantitative estimate of drug-likeness (QED) is 0.239. The van der Waals surface area contributed by atoms with Crippen molar-refractivity contribution in [1.82, 2.24) is 20.4 Å². The average Bonchev–Trinajstić information content (AvgIpc) is 3.69. The van der Waals surface area contributed by atoms with Gasteiger partial charge in [0, 0.05) is 33.4 Å². The molecular weight excluding hydrogens is 664 g/mol. The molecule has 0 spiro atoms. The van der Waals surface area contributed by atoms with Crippen LogP contribution in [0.5, 0.6) is 0 Å². The van der Waals surface area contributed by atoms with E-state index in [2.05, 4.69) is 10.6 Å². The number of amides is 4. The van der Waals surface area contributed by atoms with Crippen molar-refractivity contribution >= 4 is 41.7 Å². The predicted octanol–water partition coefficient (Wildman–Crippen LogP) is 2.34. The number of hydrogen-bond donors (Lipinski definition) is 2. The third-order valence-electron chi connectivity index (χ3n) is 8.94. The van der Waals surface area contributed by atoms with Crippen molar-refractivity contribution in [3.05, 3.63) is 35.4 Å². The Hall–Kier alpha value is -4.69. The lowest BCUT2D eigenvalue weighted by Crippen LogP contribution is -2.65. The highest BCUT2D eigenvalue weighted by atomic mass is 16.6. The minimum absolute atomic E-state index is 0.0909. The zero-order chi connectivity index (χ0) is 38.3. The monoisotopic (exact) mass is 716 g/mol. The summed E-state index contributed by atoms with van der Waals surface area (Å²) in [5.74, 6) is -3.95. The van der Waals surface area contributed by atoms with Gasteiger partial charge in [0.05, 0.1) is 7.11 Å². The number of carbonyl (C=O) groups excluding carboxylic acids is 7. The van der Waals surface area contributed by atoms with Crippen molar-refractivity contribution in [1.29, 1.82) is 0 Å². The standard InChI is InChI=1S/C36H52N4O11/c1-21-13-15-26(16-14-21)20-36(33(46)37-29(32(45)48-9)23(3)50-25(5)42)17-11-19-40(36)30(43)27-12-10-18-39(27)31(44)28(22(2)49-24(4)41)38-34(47)51-35(6,7)8/h13-16,22-23,27-29H,10-12,17-20H2,1-9H3,(H,37,46)(H,38,47)/t22?,23?,27-,28?,29?,36-/m0/s1. The topological polar surface area (TPSA) is 187 Å². The molecule has 0 aromatic heterocycles. The number of esters is 3. The van der Waals surface area contributed by atoms with E-state index in [0.717, 1.165) is 18.2 Å². The molecule has 0 bridgehead atoms. The Bertz CT molecular complexity index is 1470. The molecular formula is C36H52N4O11. The predicted molar refractivity (Wildman–Crippen MR) is 183 cm³/mol. The molecule has 2 fully saturated rings. The summed E-state index contributed by atoms with van der Waals surface area (Å²) in [7, 11) is 1.15. The lowest BCUT2D eigenvalue weighted by molar-refractivity contribution is -0.159. The zero-order valence-corrected chi connectivity index (χ0v) is 31.0. The van der Waals surface area contributed by atoms with Crippen molar-refractivity contribution < 1.29 is 52.5 Å². The smallest absolute Gasteiger partial charge is 0.408 e. The van der Waals surface area contributed by atoms with Crippen LogP contribution in [0.4, 0.5) is 4.79 Å². The number of aryl methyl sites for hydroxylation is 1. The molecule has 4 amide bonds. The summed E-state index contributed by atoms with van der Waals surface area (Å²) >= 11 is 0. The van der Waals surface area contributed by atoms with E-state index in [1.807, 2.05) is 31.2 Å². The number of methoxy groups -OCH3 is 1. The van der Waals surface area contributed by atoms with Crippen LogP contribution in [0.15, 0.2) is 24.3 Å². The Morgan fingerprint density at radius 2 is 1.47 bits per heavy atom. The molecule has 1 aromatic carbocycles. The van der Waals surface area contributed by atoms with Gasteiger partial charge in [-0.2, -0.15) is 0 Å². The molecule has 15 heteroatoms. The molecule has 1 aromatic rings. The Kier molecular flexibility index (Phi) is 13.6. The highest BCUT2D eigenvalue weighted by molar-refractivity contribution is 5.98. The summed E-state index contributed by atoms with van der Waals surface area (Å²) in [5, 5.41) is 5.23. The number of ether oxygens (including phenoxy) is 4. The molecule has 0 aliphatic carbocycles. The van der Waals surface area contributed by atoms with E-state index < -0.39 is 83.2 Å². The molecule has 2 aliphatic heterocycles. The van der Waals surface area contributed by atoms with E-state index in [-0.39, 0.29) is 32.4 Å². The fourth-order valence-corrected chi connectivity index (χ4v) is 6.63. The van der Waals surface area contributed by atoms with Crippen LogP contribution in [0.2, 0.25) is 0 Å². The average molecular weight is 717 g/mol. The molecule has 2 aliphatic rings. The molecule has 2 N–H and O–H groups in total. The van der Waals surface area contributed by atoms with Gasteiger partial charge >= 0.3 is 24.0 Å². The highest BCUT2D eigenvalue weighted by Gasteiger charge is 2.54. The number of nitrogens with one attached hydrogen (secondary N) is 2. The normalized spacial score (nSPS) is 21.1. The van der Waals surface area contributed by atoms with Gasteiger partial charge < -0.3 is 39.4 Å². The van der Waals surface area contributed by atoms with Gasteiger partial charge in [0.15, 0.2) is 6.04 Å². The molecule has 0 saturated carbocycles. The Labute approximate surface area is 299 Å². The maximum Gasteiger partial charge on any atom is 0.408 e. The largest absolute Gasteiger partial charge is 0.467 e. The summed E-state index contributed by atoms with van der Waals surface area (Å²) in [5.41, 5.74) is -0.621. The number of nitrogens with zero attached hydrogens (tertiary/aromatic N) is 2. The van der Waals surface area contributed by atoms with Gasteiger partial charge in [-0.05, 0) is 72.8 Å². The van der Waals surface area contributed by atoms with Crippen LogP contribution in [0.1, 0.15) is 85.3 Å². The van der Waals surface area contributed by atoms with Gasteiger partial charge in [0.25, 0.3) is 0 Å². The highest BCUT2D eigenvalue weighted by Crippen LogP contribution is 2.36. The maximum absolute atomic E-state index is 14.7. The molecule has 2 saturated heterocycles. The molecule has 3 rings (SSSR count). The summed E-state index contributed by atoms with van der Waals surface area (Å²) < 4.78 is 20.8. The first-order valence-electron chi connectivity index (χ1n) is 17.2. The van der Waals surface area contributed by atoms with Crippen molar-refractivity contribution in [2.45, 2.75) is 129 Å². The molecule has 15 nitrogen and oxygen atoms in total. The minimum atomic E-state index is -1.49. The first-order valence-corrected chi connectivity index (χ1v) is 17.2. The van der Waals surface area contributed by atoms with Crippen molar-refractivity contribution in [2.75, 3.05) is 20.2 Å². The number of rotatable bonds is 12. The van der Waals surface area contributed by atoms with Crippen LogP contribution in [-0.4, -0.2) is 113 Å². The number of likely N-dealkylation sites (tertiary alicyclic amines) is 2. The van der Waals surface area contributed by atoms with Crippen LogP contribution < -0.4 is 10.6 Å². The lowest BCUT2D eigenvalue weighted by Gasteiger charge is -2.41. The summed E-state index contributed by atoms with van der Waals surface area (Å²) in [6.45, 7) is 12.5. The molecule has 282 valence electrons. The van der Waals surface area contributed by atoms with Crippen LogP contribution in [0, 0.1) is 6.92 Å². The second kappa shape index (κ2) is 17.0. The van der Waals surface area contributed by atoms with Crippen LogP contribution >= 0.6 is 0 Å². The van der Waals surface area contributed by atoms with E-state index in [1.165, 1.54) is 37.5 Å². The van der Waals surface area contributed by atoms with Crippen molar-refractivity contribution in [3.8, 4) is 0 Å². The van der Waals surface area contributed by atoms with Gasteiger partial charge in [-0.25, -0.2) is 9.59 Å². The third-order valence-corrected chi connectivity index (χ3v) is 8.94. The summed E-state index contributed by atoms with van der Waals surface area (Å²) in [6.07, 6.45) is -1.59. The molecule has 51 heavy (non-hydrogen) atoms. The van der Waals surface area contributed by atoms with Crippen LogP contribution in [-0.2, 0) is 54.1 Å². The summed E-state index contributed by atoms with van der Waals surface area (Å²) in [6, 6.07) is 3.75. The number of alkyl carbamates (subject to hydrolysis) is 1. The third kappa shape index (κ3) is 10.4. The van der Waals surface area contributed by atoms with E-state index in [1.54, 1.807) is 20.8 Å². The zero-order valence-electron chi connectivity index (χ0n) is 31.0. The SMILES string of the molecule is COC(=O)C(NC(=O)[C@@]1(Cc2ccc(C)cc2)CCCN1C(=O)[C@@H]1CCCN1C(=O)C(NC(=O)OC(C)(C)C)C(C)OC(C)=O)C(C)OC(C)=O. The van der Waals surface area contributed by atoms with Crippen LogP contribution in [0.3, 0.4) is 0 Å². The second-order valence-corrected chi connectivity index (χ2v) is 14.2. The molecule has 0 radical (unpaired) electrons. The van der Waals surface area contributed by atoms with E-state index in [4.69, 9.17) is 18.9 Å². The van der Waals surface area contributed by atoms with Gasteiger partial charge in [0.1, 0.15) is 35.4 Å². The number of benzene rings is 1. The van der Waals surface area contributed by atoms with E-state index in [0.29, 0.717) is 12.8 Å². The van der Waals surface area contributed by atoms with Crippen molar-refractivity contribution in [2.24, 2.45) is 0 Å². The van der Waals surface area contributed by atoms with E-state index in [9.17, 15) is 33.6 Å². The number of hydrogen-bond acceptors (Lipinski definition) is 11. The first-order chi connectivity index (χ1) is 23.8. The van der Waals surface area contributed by atoms with Crippen LogP contribution in [0.25, 0.3) is 0 Å². The molecule has 4 unspecified atom stereocenters.